The number of rotatable bonds is 8. The lowest BCUT2D eigenvalue weighted by Crippen LogP contribution is -2.38. The molecule has 1 aromatic heterocycles. The molecule has 0 spiro atoms. The summed E-state index contributed by atoms with van der Waals surface area (Å²) in [4.78, 5) is 4.27. The molecule has 6 heteroatoms. The zero-order valence-corrected chi connectivity index (χ0v) is 16.2. The minimum absolute atomic E-state index is 0.308. The summed E-state index contributed by atoms with van der Waals surface area (Å²) in [7, 11) is 1.79. The Labute approximate surface area is 165 Å². The molecule has 0 saturated carbocycles. The van der Waals surface area contributed by atoms with Gasteiger partial charge in [0.25, 0.3) is 0 Å². The highest BCUT2D eigenvalue weighted by molar-refractivity contribution is 5.79. The number of nitrogens with zero attached hydrogens (tertiary/aromatic N) is 3. The summed E-state index contributed by atoms with van der Waals surface area (Å²) in [5.41, 5.74) is 3.56. The molecule has 3 aromatic rings. The third-order valence-corrected chi connectivity index (χ3v) is 4.51. The predicted molar refractivity (Wildman–Crippen MR) is 113 cm³/mol. The number of aromatic hydroxyl groups is 1. The summed E-state index contributed by atoms with van der Waals surface area (Å²) in [5.74, 6) is 1.13. The van der Waals surface area contributed by atoms with Crippen LogP contribution in [0.2, 0.25) is 0 Å². The molecule has 2 aromatic carbocycles. The van der Waals surface area contributed by atoms with Crippen LogP contribution in [-0.4, -0.2) is 41.0 Å². The maximum atomic E-state index is 9.31. The molecule has 6 nitrogen and oxygen atoms in total. The molecule has 0 aliphatic rings. The van der Waals surface area contributed by atoms with Gasteiger partial charge in [0.1, 0.15) is 5.75 Å². The fourth-order valence-electron chi connectivity index (χ4n) is 2.94. The van der Waals surface area contributed by atoms with Crippen molar-refractivity contribution in [2.45, 2.75) is 19.3 Å². The number of aliphatic imine (C=N–C) groups is 1. The molecule has 0 fully saturated rings. The van der Waals surface area contributed by atoms with E-state index in [4.69, 9.17) is 0 Å². The van der Waals surface area contributed by atoms with E-state index in [1.54, 1.807) is 25.4 Å². The van der Waals surface area contributed by atoms with Crippen LogP contribution in [0.25, 0.3) is 5.69 Å². The van der Waals surface area contributed by atoms with Crippen LogP contribution in [0, 0.1) is 0 Å². The van der Waals surface area contributed by atoms with Gasteiger partial charge in [0, 0.05) is 32.5 Å². The van der Waals surface area contributed by atoms with Gasteiger partial charge in [-0.3, -0.25) is 4.99 Å². The first-order valence-electron chi connectivity index (χ1n) is 9.56. The summed E-state index contributed by atoms with van der Waals surface area (Å²) in [6.45, 7) is 1.66. The second-order valence-electron chi connectivity index (χ2n) is 6.56. The highest BCUT2D eigenvalue weighted by Crippen LogP contribution is 2.11. The van der Waals surface area contributed by atoms with Gasteiger partial charge in [0.05, 0.1) is 5.69 Å². The smallest absolute Gasteiger partial charge is 0.190 e. The average molecular weight is 377 g/mol. The van der Waals surface area contributed by atoms with Gasteiger partial charge < -0.3 is 15.7 Å². The Morgan fingerprint density at radius 3 is 2.32 bits per heavy atom. The molecule has 3 rings (SSSR count). The second kappa shape index (κ2) is 10.2. The fraction of sp³-hybridized carbons (Fsp3) is 0.273. The number of aryl methyl sites for hydroxylation is 1. The zero-order chi connectivity index (χ0) is 19.6. The van der Waals surface area contributed by atoms with Gasteiger partial charge in [-0.05, 0) is 60.7 Å². The Hall–Kier alpha value is -3.28. The summed E-state index contributed by atoms with van der Waals surface area (Å²) in [5, 5.41) is 20.3. The first-order valence-corrected chi connectivity index (χ1v) is 9.56. The van der Waals surface area contributed by atoms with Crippen LogP contribution >= 0.6 is 0 Å². The minimum Gasteiger partial charge on any atom is -0.508 e. The molecular formula is C22H27N5O. The molecule has 0 aliphatic heterocycles. The Bertz CT molecular complexity index is 855. The Balaban J connectivity index is 1.35. The highest BCUT2D eigenvalue weighted by Gasteiger charge is 2.00. The monoisotopic (exact) mass is 377 g/mol. The summed E-state index contributed by atoms with van der Waals surface area (Å²) in [6, 6.07) is 17.7. The van der Waals surface area contributed by atoms with E-state index in [2.05, 4.69) is 45.0 Å². The van der Waals surface area contributed by atoms with Crippen LogP contribution in [0.5, 0.6) is 5.75 Å². The standard InChI is InChI=1S/C22H27N5O/c1-23-22(24-14-2-4-18-7-11-21(28)12-8-18)25-16-13-19-5-9-20(10-6-19)27-17-3-15-26-27/h3,5-12,15,17,28H,2,4,13-14,16H2,1H3,(H2,23,24,25). The van der Waals surface area contributed by atoms with Gasteiger partial charge in [0.15, 0.2) is 5.96 Å². The van der Waals surface area contributed by atoms with Crippen molar-refractivity contribution < 1.29 is 5.11 Å². The van der Waals surface area contributed by atoms with E-state index in [-0.39, 0.29) is 0 Å². The number of benzene rings is 2. The number of phenols is 1. The van der Waals surface area contributed by atoms with Crippen LogP contribution in [0.15, 0.2) is 72.0 Å². The zero-order valence-electron chi connectivity index (χ0n) is 16.2. The molecule has 0 aliphatic carbocycles. The Morgan fingerprint density at radius 1 is 0.964 bits per heavy atom. The molecule has 3 N–H and O–H groups in total. The van der Waals surface area contributed by atoms with Gasteiger partial charge in [-0.15, -0.1) is 0 Å². The summed E-state index contributed by atoms with van der Waals surface area (Å²) >= 11 is 0. The second-order valence-corrected chi connectivity index (χ2v) is 6.56. The number of phenolic OH excluding ortho intramolecular Hbond substituents is 1. The third kappa shape index (κ3) is 5.87. The highest BCUT2D eigenvalue weighted by atomic mass is 16.3. The van der Waals surface area contributed by atoms with Crippen LogP contribution in [0.1, 0.15) is 17.5 Å². The molecule has 0 atom stereocenters. The lowest BCUT2D eigenvalue weighted by atomic mass is 10.1. The van der Waals surface area contributed by atoms with Crippen molar-refractivity contribution in [2.24, 2.45) is 4.99 Å². The van der Waals surface area contributed by atoms with E-state index in [0.717, 1.165) is 44.0 Å². The van der Waals surface area contributed by atoms with E-state index in [1.807, 2.05) is 29.1 Å². The van der Waals surface area contributed by atoms with Crippen molar-refractivity contribution in [1.29, 1.82) is 0 Å². The lowest BCUT2D eigenvalue weighted by Gasteiger charge is -2.12. The van der Waals surface area contributed by atoms with Crippen molar-refractivity contribution >= 4 is 5.96 Å². The van der Waals surface area contributed by atoms with E-state index in [9.17, 15) is 5.11 Å². The summed E-state index contributed by atoms with van der Waals surface area (Å²) in [6.07, 6.45) is 6.61. The van der Waals surface area contributed by atoms with Crippen LogP contribution in [0.4, 0.5) is 0 Å². The molecular weight excluding hydrogens is 350 g/mol. The number of hydrogen-bond acceptors (Lipinski definition) is 3. The van der Waals surface area contributed by atoms with E-state index in [0.29, 0.717) is 5.75 Å². The van der Waals surface area contributed by atoms with Gasteiger partial charge >= 0.3 is 0 Å². The van der Waals surface area contributed by atoms with Gasteiger partial charge in [-0.25, -0.2) is 4.68 Å². The van der Waals surface area contributed by atoms with E-state index in [1.165, 1.54) is 11.1 Å². The van der Waals surface area contributed by atoms with E-state index < -0.39 is 0 Å². The predicted octanol–water partition coefficient (Wildman–Crippen LogP) is 2.92. The minimum atomic E-state index is 0.308. The molecule has 0 saturated heterocycles. The van der Waals surface area contributed by atoms with Crippen LogP contribution in [0.3, 0.4) is 0 Å². The van der Waals surface area contributed by atoms with Crippen LogP contribution < -0.4 is 10.6 Å². The maximum Gasteiger partial charge on any atom is 0.190 e. The average Bonchev–Trinajstić information content (AvgIpc) is 3.26. The lowest BCUT2D eigenvalue weighted by molar-refractivity contribution is 0.475. The van der Waals surface area contributed by atoms with Crippen molar-refractivity contribution in [3.63, 3.8) is 0 Å². The molecule has 28 heavy (non-hydrogen) atoms. The number of nitrogens with one attached hydrogen (secondary N) is 2. The number of aromatic nitrogens is 2. The Kier molecular flexibility index (Phi) is 7.07. The maximum absolute atomic E-state index is 9.31. The normalized spacial score (nSPS) is 11.4. The molecule has 0 unspecified atom stereocenters. The molecule has 0 amide bonds. The first kappa shape index (κ1) is 19.5. The largest absolute Gasteiger partial charge is 0.508 e. The number of guanidine groups is 1. The SMILES string of the molecule is CN=C(NCCCc1ccc(O)cc1)NCCc1ccc(-n2cccn2)cc1. The van der Waals surface area contributed by atoms with E-state index >= 15 is 0 Å². The van der Waals surface area contributed by atoms with Crippen LogP contribution in [-0.2, 0) is 12.8 Å². The van der Waals surface area contributed by atoms with Crippen molar-refractivity contribution in [3.05, 3.63) is 78.1 Å². The molecule has 0 radical (unpaired) electrons. The summed E-state index contributed by atoms with van der Waals surface area (Å²) < 4.78 is 1.85. The van der Waals surface area contributed by atoms with Gasteiger partial charge in [0.2, 0.25) is 0 Å². The molecule has 146 valence electrons. The fourth-order valence-corrected chi connectivity index (χ4v) is 2.94. The molecule has 0 bridgehead atoms. The quantitative estimate of drug-likeness (QED) is 0.321. The third-order valence-electron chi connectivity index (χ3n) is 4.51. The number of hydrogen-bond donors (Lipinski definition) is 3. The van der Waals surface area contributed by atoms with Crippen molar-refractivity contribution in [1.82, 2.24) is 20.4 Å². The van der Waals surface area contributed by atoms with Crippen molar-refractivity contribution in [2.75, 3.05) is 20.1 Å². The van der Waals surface area contributed by atoms with Gasteiger partial charge in [-0.2, -0.15) is 5.10 Å². The van der Waals surface area contributed by atoms with Crippen molar-refractivity contribution in [3.8, 4) is 11.4 Å². The molecule has 1 heterocycles. The topological polar surface area (TPSA) is 74.5 Å². The van der Waals surface area contributed by atoms with Gasteiger partial charge in [-0.1, -0.05) is 24.3 Å². The Morgan fingerprint density at radius 2 is 1.64 bits per heavy atom. The first-order chi connectivity index (χ1) is 13.7.